The second-order valence-corrected chi connectivity index (χ2v) is 8.27. The second-order valence-electron chi connectivity index (χ2n) is 7.88. The highest BCUT2D eigenvalue weighted by molar-refractivity contribution is 7.80. The number of rotatable bonds is 7. The van der Waals surface area contributed by atoms with Gasteiger partial charge in [-0.15, -0.1) is 0 Å². The van der Waals surface area contributed by atoms with E-state index in [1.165, 1.54) is 17.0 Å². The van der Waals surface area contributed by atoms with E-state index < -0.39 is 0 Å². The Morgan fingerprint density at radius 3 is 2.60 bits per heavy atom. The number of hydrogen-bond donors (Lipinski definition) is 3. The van der Waals surface area contributed by atoms with Crippen LogP contribution in [0.3, 0.4) is 0 Å². The van der Waals surface area contributed by atoms with Gasteiger partial charge in [-0.1, -0.05) is 12.1 Å². The topological polar surface area (TPSA) is 52.6 Å². The Morgan fingerprint density at radius 1 is 1.17 bits per heavy atom. The summed E-state index contributed by atoms with van der Waals surface area (Å²) in [6.45, 7) is 4.10. The van der Waals surface area contributed by atoms with Gasteiger partial charge in [-0.2, -0.15) is 0 Å². The number of nitrogens with zero attached hydrogens (tertiary/aromatic N) is 1. The predicted molar refractivity (Wildman–Crippen MR) is 125 cm³/mol. The average molecular weight is 428 g/mol. The lowest BCUT2D eigenvalue weighted by atomic mass is 10.1. The maximum Gasteiger partial charge on any atom is 0.253 e. The number of aromatic amines is 1. The van der Waals surface area contributed by atoms with Gasteiger partial charge < -0.3 is 20.1 Å². The molecule has 0 amide bonds. The summed E-state index contributed by atoms with van der Waals surface area (Å²) in [4.78, 5) is 19.0. The standard InChI is InChI=1S/C23H27FN4OS/c1-16-5-6-17-14-18(22(29)26-21(17)13-16)15-28(12-4-11-27(2)3)23(30)25-20-9-7-19(24)8-10-20/h5-10,13-14H,4,11-12,15H2,1-3H3,(H,25,30)(H,26,29)/p+1. The van der Waals surface area contributed by atoms with E-state index in [1.807, 2.05) is 36.1 Å². The molecule has 0 aliphatic rings. The number of aryl methyl sites for hydroxylation is 1. The predicted octanol–water partition coefficient (Wildman–Crippen LogP) is 2.71. The van der Waals surface area contributed by atoms with E-state index in [0.29, 0.717) is 29.5 Å². The molecule has 3 aromatic rings. The fraction of sp³-hybridized carbons (Fsp3) is 0.304. The van der Waals surface area contributed by atoms with Crippen LogP contribution < -0.4 is 15.8 Å². The van der Waals surface area contributed by atoms with Crippen molar-refractivity contribution in [2.45, 2.75) is 19.9 Å². The molecule has 0 aliphatic heterocycles. The Hall–Kier alpha value is -2.77. The number of H-pyrrole nitrogens is 1. The van der Waals surface area contributed by atoms with Crippen LogP contribution in [0.1, 0.15) is 17.5 Å². The van der Waals surface area contributed by atoms with Gasteiger partial charge in [0.1, 0.15) is 5.82 Å². The quantitative estimate of drug-likeness (QED) is 0.508. The Kier molecular flexibility index (Phi) is 7.18. The molecule has 30 heavy (non-hydrogen) atoms. The van der Waals surface area contributed by atoms with Crippen LogP contribution >= 0.6 is 12.2 Å². The lowest BCUT2D eigenvalue weighted by Crippen LogP contribution is -3.05. The third-order valence-corrected chi connectivity index (χ3v) is 5.29. The Bertz CT molecular complexity index is 1080. The van der Waals surface area contributed by atoms with Crippen molar-refractivity contribution < 1.29 is 9.29 Å². The number of halogens is 1. The SMILES string of the molecule is Cc1ccc2cc(CN(CCC[NH+](C)C)C(=S)Nc3ccc(F)cc3)c(=O)[nH]c2c1. The van der Waals surface area contributed by atoms with Crippen molar-refractivity contribution in [3.63, 3.8) is 0 Å². The summed E-state index contributed by atoms with van der Waals surface area (Å²) in [6, 6.07) is 14.0. The smallest absolute Gasteiger partial charge is 0.253 e. The lowest BCUT2D eigenvalue weighted by Gasteiger charge is -2.26. The zero-order valence-electron chi connectivity index (χ0n) is 17.6. The van der Waals surface area contributed by atoms with Gasteiger partial charge in [0.05, 0.1) is 27.2 Å². The Balaban J connectivity index is 1.82. The minimum atomic E-state index is -0.296. The minimum absolute atomic E-state index is 0.110. The van der Waals surface area contributed by atoms with Crippen LogP contribution in [0.2, 0.25) is 0 Å². The van der Waals surface area contributed by atoms with Gasteiger partial charge in [0.2, 0.25) is 0 Å². The maximum atomic E-state index is 13.2. The second kappa shape index (κ2) is 9.82. The monoisotopic (exact) mass is 427 g/mol. The van der Waals surface area contributed by atoms with Crippen molar-refractivity contribution in [3.05, 3.63) is 75.8 Å². The highest BCUT2D eigenvalue weighted by atomic mass is 32.1. The van der Waals surface area contributed by atoms with Crippen molar-refractivity contribution in [1.29, 1.82) is 0 Å². The molecule has 158 valence electrons. The van der Waals surface area contributed by atoms with Crippen LogP contribution in [0.5, 0.6) is 0 Å². The Labute approximate surface area is 181 Å². The number of fused-ring (bicyclic) bond motifs is 1. The first-order valence-electron chi connectivity index (χ1n) is 10.0. The first kappa shape index (κ1) is 21.9. The van der Waals surface area contributed by atoms with Crippen LogP contribution in [0.25, 0.3) is 10.9 Å². The van der Waals surface area contributed by atoms with Gasteiger partial charge in [-0.3, -0.25) is 4.79 Å². The molecule has 0 aliphatic carbocycles. The van der Waals surface area contributed by atoms with Crippen LogP contribution in [-0.4, -0.2) is 42.2 Å². The van der Waals surface area contributed by atoms with Crippen LogP contribution in [0.15, 0.2) is 53.3 Å². The van der Waals surface area contributed by atoms with Crippen LogP contribution in [0, 0.1) is 12.7 Å². The van der Waals surface area contributed by atoms with Crippen molar-refractivity contribution >= 4 is 33.9 Å². The van der Waals surface area contributed by atoms with E-state index in [4.69, 9.17) is 12.2 Å². The molecule has 3 N–H and O–H groups in total. The van der Waals surface area contributed by atoms with Gasteiger partial charge in [0.15, 0.2) is 5.11 Å². The molecule has 2 aromatic carbocycles. The third-order valence-electron chi connectivity index (χ3n) is 4.93. The van der Waals surface area contributed by atoms with Crippen LogP contribution in [-0.2, 0) is 6.54 Å². The summed E-state index contributed by atoms with van der Waals surface area (Å²) >= 11 is 5.63. The number of thiocarbonyl (C=S) groups is 1. The molecular weight excluding hydrogens is 399 g/mol. The van der Waals surface area contributed by atoms with Crippen molar-refractivity contribution in [2.24, 2.45) is 0 Å². The zero-order valence-corrected chi connectivity index (χ0v) is 18.4. The highest BCUT2D eigenvalue weighted by Gasteiger charge is 2.14. The molecule has 1 aromatic heterocycles. The number of nitrogens with one attached hydrogen (secondary N) is 3. The highest BCUT2D eigenvalue weighted by Crippen LogP contribution is 2.15. The minimum Gasteiger partial charge on any atom is -0.344 e. The summed E-state index contributed by atoms with van der Waals surface area (Å²) < 4.78 is 13.2. The first-order valence-corrected chi connectivity index (χ1v) is 10.5. The number of aromatic nitrogens is 1. The van der Waals surface area contributed by atoms with Gasteiger partial charge >= 0.3 is 0 Å². The molecule has 0 unspecified atom stereocenters. The maximum absolute atomic E-state index is 13.2. The average Bonchev–Trinajstić information content (AvgIpc) is 2.69. The number of hydrogen-bond acceptors (Lipinski definition) is 2. The molecular formula is C23H28FN4OS+. The number of anilines is 1. The van der Waals surface area contributed by atoms with Crippen molar-refractivity contribution in [2.75, 3.05) is 32.5 Å². The molecule has 5 nitrogen and oxygen atoms in total. The van der Waals surface area contributed by atoms with Gasteiger partial charge in [0, 0.05) is 29.7 Å². The van der Waals surface area contributed by atoms with E-state index in [9.17, 15) is 9.18 Å². The van der Waals surface area contributed by atoms with Gasteiger partial charge in [0.25, 0.3) is 5.56 Å². The largest absolute Gasteiger partial charge is 0.344 e. The molecule has 0 saturated heterocycles. The van der Waals surface area contributed by atoms with Crippen molar-refractivity contribution in [1.82, 2.24) is 9.88 Å². The molecule has 7 heteroatoms. The van der Waals surface area contributed by atoms with E-state index >= 15 is 0 Å². The molecule has 0 radical (unpaired) electrons. The van der Waals surface area contributed by atoms with E-state index in [2.05, 4.69) is 24.4 Å². The van der Waals surface area contributed by atoms with E-state index in [1.54, 1.807) is 12.1 Å². The molecule has 3 rings (SSSR count). The van der Waals surface area contributed by atoms with Crippen LogP contribution in [0.4, 0.5) is 10.1 Å². The molecule has 0 atom stereocenters. The van der Waals surface area contributed by atoms with Gasteiger partial charge in [-0.05, 0) is 66.5 Å². The number of benzene rings is 2. The molecule has 1 heterocycles. The summed E-state index contributed by atoms with van der Waals surface area (Å²) in [6.07, 6.45) is 0.929. The summed E-state index contributed by atoms with van der Waals surface area (Å²) in [5, 5.41) is 4.67. The molecule has 0 saturated carbocycles. The van der Waals surface area contributed by atoms with E-state index in [0.717, 1.165) is 29.4 Å². The zero-order chi connectivity index (χ0) is 21.7. The van der Waals surface area contributed by atoms with Gasteiger partial charge in [-0.25, -0.2) is 4.39 Å². The summed E-state index contributed by atoms with van der Waals surface area (Å²) in [5.74, 6) is -0.296. The molecule has 0 bridgehead atoms. The summed E-state index contributed by atoms with van der Waals surface area (Å²) in [7, 11) is 4.21. The molecule has 0 spiro atoms. The lowest BCUT2D eigenvalue weighted by molar-refractivity contribution is -0.858. The summed E-state index contributed by atoms with van der Waals surface area (Å²) in [5.41, 5.74) is 3.20. The molecule has 0 fully saturated rings. The van der Waals surface area contributed by atoms with E-state index in [-0.39, 0.29) is 11.4 Å². The third kappa shape index (κ3) is 5.87. The number of pyridine rings is 1. The van der Waals surface area contributed by atoms with Crippen molar-refractivity contribution in [3.8, 4) is 0 Å². The first-order chi connectivity index (χ1) is 14.3. The normalized spacial score (nSPS) is 11.1. The fourth-order valence-electron chi connectivity index (χ4n) is 3.29. The fourth-order valence-corrected chi connectivity index (χ4v) is 3.57. The number of quaternary nitrogens is 1. The Morgan fingerprint density at radius 2 is 1.90 bits per heavy atom.